The Morgan fingerprint density at radius 1 is 1.40 bits per heavy atom. The highest BCUT2D eigenvalue weighted by atomic mass is 79.9. The van der Waals surface area contributed by atoms with Gasteiger partial charge in [0.05, 0.1) is 0 Å². The van der Waals surface area contributed by atoms with Gasteiger partial charge in [-0.3, -0.25) is 0 Å². The largest absolute Gasteiger partial charge is 0.401 e. The molecule has 1 atom stereocenters. The van der Waals surface area contributed by atoms with Crippen molar-refractivity contribution in [1.29, 1.82) is 0 Å². The molecule has 0 fully saturated rings. The minimum atomic E-state index is -4.07. The number of hydrogen-bond acceptors (Lipinski definition) is 0. The molecule has 0 amide bonds. The van der Waals surface area contributed by atoms with Crippen LogP contribution in [0.5, 0.6) is 0 Å². The second-order valence-corrected chi connectivity index (χ2v) is 3.26. The van der Waals surface area contributed by atoms with Gasteiger partial charge in [-0.1, -0.05) is 35.7 Å². The first-order chi connectivity index (χ1) is 4.48. The first-order valence-corrected chi connectivity index (χ1v) is 4.10. The fourth-order valence-electron chi connectivity index (χ4n) is 0.547. The summed E-state index contributed by atoms with van der Waals surface area (Å²) in [4.78, 5) is -1.32. The molecule has 0 saturated carbocycles. The zero-order valence-electron chi connectivity index (χ0n) is 5.71. The van der Waals surface area contributed by atoms with Crippen LogP contribution in [0.2, 0.25) is 0 Å². The highest BCUT2D eigenvalue weighted by Crippen LogP contribution is 2.29. The van der Waals surface area contributed by atoms with Crippen LogP contribution in [0.1, 0.15) is 26.2 Å². The third kappa shape index (κ3) is 4.14. The fourth-order valence-corrected chi connectivity index (χ4v) is 0.871. The summed E-state index contributed by atoms with van der Waals surface area (Å²) in [6.07, 6.45) is -2.47. The number of rotatable bonds is 3. The maximum atomic E-state index is 11.7. The molecule has 0 saturated heterocycles. The van der Waals surface area contributed by atoms with Gasteiger partial charge in [-0.15, -0.1) is 0 Å². The van der Waals surface area contributed by atoms with Gasteiger partial charge in [0, 0.05) is 0 Å². The zero-order chi connectivity index (χ0) is 8.20. The second kappa shape index (κ2) is 4.21. The van der Waals surface area contributed by atoms with E-state index in [9.17, 15) is 13.2 Å². The molecule has 0 rings (SSSR count). The maximum Gasteiger partial charge on any atom is 0.401 e. The first kappa shape index (κ1) is 10.3. The van der Waals surface area contributed by atoms with E-state index in [0.29, 0.717) is 6.42 Å². The van der Waals surface area contributed by atoms with Crippen molar-refractivity contribution in [3.05, 3.63) is 0 Å². The van der Waals surface area contributed by atoms with E-state index in [4.69, 9.17) is 0 Å². The van der Waals surface area contributed by atoms with Crippen LogP contribution in [0.4, 0.5) is 13.2 Å². The Morgan fingerprint density at radius 2 is 1.90 bits per heavy atom. The summed E-state index contributed by atoms with van der Waals surface area (Å²) in [7, 11) is 0. The predicted octanol–water partition coefficient (Wildman–Crippen LogP) is 3.50. The molecule has 62 valence electrons. The Kier molecular flexibility index (Phi) is 4.32. The molecule has 0 bridgehead atoms. The average Bonchev–Trinajstić information content (AvgIpc) is 1.80. The molecule has 0 N–H and O–H groups in total. The van der Waals surface area contributed by atoms with Crippen molar-refractivity contribution in [1.82, 2.24) is 0 Å². The van der Waals surface area contributed by atoms with Crippen LogP contribution in [0.25, 0.3) is 0 Å². The SMILES string of the molecule is CCCC[C@@H](Br)C(F)(F)F. The molecule has 0 radical (unpaired) electrons. The van der Waals surface area contributed by atoms with E-state index in [2.05, 4.69) is 15.9 Å². The van der Waals surface area contributed by atoms with E-state index in [-0.39, 0.29) is 6.42 Å². The molecule has 0 spiro atoms. The monoisotopic (exact) mass is 218 g/mol. The van der Waals surface area contributed by atoms with Gasteiger partial charge in [-0.2, -0.15) is 13.2 Å². The van der Waals surface area contributed by atoms with Crippen molar-refractivity contribution in [3.63, 3.8) is 0 Å². The number of unbranched alkanes of at least 4 members (excludes halogenated alkanes) is 1. The molecule has 0 aromatic heterocycles. The molecule has 10 heavy (non-hydrogen) atoms. The van der Waals surface area contributed by atoms with Crippen LogP contribution < -0.4 is 0 Å². The Morgan fingerprint density at radius 3 is 2.20 bits per heavy atom. The molecule has 0 aromatic rings. The van der Waals surface area contributed by atoms with Gasteiger partial charge in [0.15, 0.2) is 0 Å². The molecular formula is C6H10BrF3. The van der Waals surface area contributed by atoms with Crippen molar-refractivity contribution >= 4 is 15.9 Å². The van der Waals surface area contributed by atoms with Gasteiger partial charge in [-0.25, -0.2) is 0 Å². The maximum absolute atomic E-state index is 11.7. The summed E-state index contributed by atoms with van der Waals surface area (Å²) in [5.74, 6) is 0. The molecule has 0 unspecified atom stereocenters. The van der Waals surface area contributed by atoms with Crippen molar-refractivity contribution in [2.24, 2.45) is 0 Å². The number of alkyl halides is 4. The van der Waals surface area contributed by atoms with E-state index in [0.717, 1.165) is 6.42 Å². The topological polar surface area (TPSA) is 0 Å². The summed E-state index contributed by atoms with van der Waals surface area (Å²) < 4.78 is 35.2. The zero-order valence-corrected chi connectivity index (χ0v) is 7.30. The summed E-state index contributed by atoms with van der Waals surface area (Å²) in [6, 6.07) is 0. The van der Waals surface area contributed by atoms with Gasteiger partial charge in [0.2, 0.25) is 0 Å². The van der Waals surface area contributed by atoms with Gasteiger partial charge < -0.3 is 0 Å². The van der Waals surface area contributed by atoms with Gasteiger partial charge in [-0.05, 0) is 6.42 Å². The smallest absolute Gasteiger partial charge is 0.170 e. The van der Waals surface area contributed by atoms with Crippen LogP contribution in [0.15, 0.2) is 0 Å². The average molecular weight is 219 g/mol. The molecule has 0 heterocycles. The summed E-state index contributed by atoms with van der Waals surface area (Å²) in [6.45, 7) is 1.87. The summed E-state index contributed by atoms with van der Waals surface area (Å²) >= 11 is 2.57. The summed E-state index contributed by atoms with van der Waals surface area (Å²) in [5.41, 5.74) is 0. The Balaban J connectivity index is 3.52. The molecule has 0 aliphatic rings. The van der Waals surface area contributed by atoms with E-state index < -0.39 is 11.0 Å². The van der Waals surface area contributed by atoms with Crippen LogP contribution in [0, 0.1) is 0 Å². The number of hydrogen-bond donors (Lipinski definition) is 0. The van der Waals surface area contributed by atoms with Gasteiger partial charge >= 0.3 is 6.18 Å². The second-order valence-electron chi connectivity index (χ2n) is 2.15. The van der Waals surface area contributed by atoms with E-state index >= 15 is 0 Å². The Bertz CT molecular complexity index is 89.5. The molecular weight excluding hydrogens is 209 g/mol. The van der Waals surface area contributed by atoms with Crippen molar-refractivity contribution in [2.75, 3.05) is 0 Å². The van der Waals surface area contributed by atoms with Crippen LogP contribution in [0.3, 0.4) is 0 Å². The normalized spacial score (nSPS) is 15.3. The molecule has 0 aliphatic heterocycles. The predicted molar refractivity (Wildman–Crippen MR) is 38.3 cm³/mol. The minimum Gasteiger partial charge on any atom is -0.170 e. The van der Waals surface area contributed by atoms with Crippen LogP contribution in [-0.2, 0) is 0 Å². The van der Waals surface area contributed by atoms with Crippen LogP contribution in [-0.4, -0.2) is 11.0 Å². The highest BCUT2D eigenvalue weighted by molar-refractivity contribution is 9.09. The molecule has 0 aromatic carbocycles. The first-order valence-electron chi connectivity index (χ1n) is 3.19. The quantitative estimate of drug-likeness (QED) is 0.637. The summed E-state index contributed by atoms with van der Waals surface area (Å²) in [5, 5.41) is 0. The minimum absolute atomic E-state index is 0.181. The Labute approximate surface area is 66.9 Å². The lowest BCUT2D eigenvalue weighted by molar-refractivity contribution is -0.128. The third-order valence-electron chi connectivity index (χ3n) is 1.17. The fraction of sp³-hybridized carbons (Fsp3) is 1.00. The lowest BCUT2D eigenvalue weighted by Gasteiger charge is -2.12. The van der Waals surface area contributed by atoms with Crippen LogP contribution >= 0.6 is 15.9 Å². The third-order valence-corrected chi connectivity index (χ3v) is 2.14. The van der Waals surface area contributed by atoms with Crippen molar-refractivity contribution < 1.29 is 13.2 Å². The lowest BCUT2D eigenvalue weighted by Crippen LogP contribution is -2.22. The molecule has 4 heteroatoms. The standard InChI is InChI=1S/C6H10BrF3/c1-2-3-4-5(7)6(8,9)10/h5H,2-4H2,1H3/t5-/m1/s1. The van der Waals surface area contributed by atoms with Gasteiger partial charge in [0.1, 0.15) is 4.83 Å². The lowest BCUT2D eigenvalue weighted by atomic mass is 10.2. The van der Waals surface area contributed by atoms with Crippen molar-refractivity contribution in [3.8, 4) is 0 Å². The molecule has 0 nitrogen and oxygen atoms in total. The number of halogens is 4. The Hall–Kier alpha value is 0.270. The van der Waals surface area contributed by atoms with Gasteiger partial charge in [0.25, 0.3) is 0 Å². The van der Waals surface area contributed by atoms with E-state index in [1.54, 1.807) is 0 Å². The van der Waals surface area contributed by atoms with E-state index in [1.165, 1.54) is 0 Å². The molecule has 0 aliphatic carbocycles. The van der Waals surface area contributed by atoms with Crippen molar-refractivity contribution in [2.45, 2.75) is 37.2 Å². The van der Waals surface area contributed by atoms with E-state index in [1.807, 2.05) is 6.92 Å². The highest BCUT2D eigenvalue weighted by Gasteiger charge is 2.36.